The van der Waals surface area contributed by atoms with Crippen LogP contribution in [0.3, 0.4) is 0 Å². The van der Waals surface area contributed by atoms with E-state index in [1.54, 1.807) is 6.33 Å². The number of nitrogens with zero attached hydrogens (tertiary/aromatic N) is 2. The summed E-state index contributed by atoms with van der Waals surface area (Å²) in [6.45, 7) is 2.87. The largest absolute Gasteiger partial charge is 0.348 e. The number of H-pyrrole nitrogens is 1. The Morgan fingerprint density at radius 3 is 2.71 bits per heavy atom. The van der Waals surface area contributed by atoms with Crippen molar-refractivity contribution in [1.82, 2.24) is 14.9 Å². The van der Waals surface area contributed by atoms with E-state index in [1.807, 2.05) is 18.2 Å². The molecule has 160 valence electrons. The number of aromatic amines is 1. The lowest BCUT2D eigenvalue weighted by Crippen LogP contribution is -2.41. The van der Waals surface area contributed by atoms with Crippen LogP contribution in [0.15, 0.2) is 42.7 Å². The van der Waals surface area contributed by atoms with E-state index in [-0.39, 0.29) is 17.9 Å². The molecule has 1 fully saturated rings. The highest BCUT2D eigenvalue weighted by Crippen LogP contribution is 2.36. The molecule has 0 spiro atoms. The van der Waals surface area contributed by atoms with Crippen molar-refractivity contribution in [2.24, 2.45) is 5.92 Å². The number of aromatic nitrogens is 2. The number of amides is 1. The van der Waals surface area contributed by atoms with Gasteiger partial charge in [-0.1, -0.05) is 53.0 Å². The van der Waals surface area contributed by atoms with E-state index in [0.717, 1.165) is 54.6 Å². The zero-order chi connectivity index (χ0) is 21.5. The van der Waals surface area contributed by atoms with Gasteiger partial charge in [0, 0.05) is 40.7 Å². The van der Waals surface area contributed by atoms with Crippen LogP contribution in [-0.4, -0.2) is 33.4 Å². The number of carbonyl (C=O) groups is 1. The molecule has 0 saturated carbocycles. The number of hydrogen-bond acceptors (Lipinski definition) is 2. The zero-order valence-corrected chi connectivity index (χ0v) is 19.0. The zero-order valence-electron chi connectivity index (χ0n) is 17.5. The molecular formula is C25H25Cl2N3O. The van der Waals surface area contributed by atoms with Crippen molar-refractivity contribution < 1.29 is 4.79 Å². The molecule has 3 aromatic rings. The first-order valence-corrected chi connectivity index (χ1v) is 11.6. The quantitative estimate of drug-likeness (QED) is 0.555. The fraction of sp³-hybridized carbons (Fsp3) is 0.360. The van der Waals surface area contributed by atoms with Crippen molar-refractivity contribution in [1.29, 1.82) is 0 Å². The Morgan fingerprint density at radius 2 is 1.94 bits per heavy atom. The molecule has 5 rings (SSSR count). The lowest BCUT2D eigenvalue weighted by molar-refractivity contribution is -0.133. The molecule has 2 heterocycles. The third-order valence-electron chi connectivity index (χ3n) is 6.70. The molecule has 4 nitrogen and oxygen atoms in total. The second-order valence-electron chi connectivity index (χ2n) is 8.73. The van der Waals surface area contributed by atoms with Gasteiger partial charge in [0.05, 0.1) is 12.0 Å². The van der Waals surface area contributed by atoms with Crippen LogP contribution < -0.4 is 0 Å². The van der Waals surface area contributed by atoms with Crippen LogP contribution >= 0.6 is 23.2 Å². The van der Waals surface area contributed by atoms with Gasteiger partial charge in [0.25, 0.3) is 0 Å². The summed E-state index contributed by atoms with van der Waals surface area (Å²) < 4.78 is 0. The SMILES string of the molecule is Cc1cccc(-c2cc(Cl)c(CC3CCN(C4CCc5nc[nH]c5C4)C3=O)c(Cl)c2)c1. The van der Waals surface area contributed by atoms with Crippen molar-refractivity contribution in [3.8, 4) is 11.1 Å². The Labute approximate surface area is 192 Å². The molecular weight excluding hydrogens is 429 g/mol. The van der Waals surface area contributed by atoms with E-state index in [4.69, 9.17) is 23.2 Å². The minimum absolute atomic E-state index is 0.0667. The first-order chi connectivity index (χ1) is 15.0. The molecule has 6 heteroatoms. The molecule has 31 heavy (non-hydrogen) atoms. The van der Waals surface area contributed by atoms with Crippen LogP contribution in [0.2, 0.25) is 10.0 Å². The van der Waals surface area contributed by atoms with E-state index >= 15 is 0 Å². The van der Waals surface area contributed by atoms with Gasteiger partial charge in [-0.3, -0.25) is 4.79 Å². The minimum Gasteiger partial charge on any atom is -0.348 e. The molecule has 1 amide bonds. The van der Waals surface area contributed by atoms with Crippen LogP contribution in [0.1, 0.15) is 35.4 Å². The highest BCUT2D eigenvalue weighted by Gasteiger charge is 2.38. The van der Waals surface area contributed by atoms with Gasteiger partial charge in [0.15, 0.2) is 0 Å². The van der Waals surface area contributed by atoms with E-state index in [9.17, 15) is 4.79 Å². The smallest absolute Gasteiger partial charge is 0.226 e. The van der Waals surface area contributed by atoms with Crippen LogP contribution in [0.4, 0.5) is 0 Å². The molecule has 0 bridgehead atoms. The summed E-state index contributed by atoms with van der Waals surface area (Å²) >= 11 is 13.3. The summed E-state index contributed by atoms with van der Waals surface area (Å²) in [5.74, 6) is 0.158. The lowest BCUT2D eigenvalue weighted by atomic mass is 9.94. The molecule has 1 saturated heterocycles. The van der Waals surface area contributed by atoms with Crippen LogP contribution in [0.25, 0.3) is 11.1 Å². The van der Waals surface area contributed by atoms with E-state index in [1.165, 1.54) is 11.3 Å². The number of imidazole rings is 1. The monoisotopic (exact) mass is 453 g/mol. The molecule has 0 radical (unpaired) electrons. The first-order valence-electron chi connectivity index (χ1n) is 10.9. The maximum Gasteiger partial charge on any atom is 0.226 e. The third-order valence-corrected chi connectivity index (χ3v) is 7.37. The normalized spacial score (nSPS) is 20.9. The predicted octanol–water partition coefficient (Wildman–Crippen LogP) is 5.64. The summed E-state index contributed by atoms with van der Waals surface area (Å²) in [6, 6.07) is 12.5. The van der Waals surface area contributed by atoms with Crippen LogP contribution in [0, 0.1) is 12.8 Å². The summed E-state index contributed by atoms with van der Waals surface area (Å²) in [4.78, 5) is 22.9. The number of nitrogens with one attached hydrogen (secondary N) is 1. The Balaban J connectivity index is 1.32. The maximum atomic E-state index is 13.2. The average Bonchev–Trinajstić information content (AvgIpc) is 3.36. The summed E-state index contributed by atoms with van der Waals surface area (Å²) in [7, 11) is 0. The lowest BCUT2D eigenvalue weighted by Gasteiger charge is -2.31. The van der Waals surface area contributed by atoms with Gasteiger partial charge in [-0.05, 0) is 61.4 Å². The topological polar surface area (TPSA) is 49.0 Å². The number of rotatable bonds is 4. The number of likely N-dealkylation sites (tertiary alicyclic amines) is 1. The van der Waals surface area contributed by atoms with E-state index < -0.39 is 0 Å². The van der Waals surface area contributed by atoms with Crippen molar-refractivity contribution in [3.63, 3.8) is 0 Å². The Hall–Kier alpha value is -2.30. The minimum atomic E-state index is -0.0667. The van der Waals surface area contributed by atoms with Gasteiger partial charge in [0.2, 0.25) is 5.91 Å². The van der Waals surface area contributed by atoms with Gasteiger partial charge in [-0.2, -0.15) is 0 Å². The van der Waals surface area contributed by atoms with E-state index in [0.29, 0.717) is 16.5 Å². The number of hydrogen-bond donors (Lipinski definition) is 1. The van der Waals surface area contributed by atoms with Crippen molar-refractivity contribution in [2.45, 2.75) is 45.1 Å². The van der Waals surface area contributed by atoms with Crippen LogP contribution in [-0.2, 0) is 24.1 Å². The number of benzene rings is 2. The first kappa shape index (κ1) is 20.6. The molecule has 1 aliphatic carbocycles. The van der Waals surface area contributed by atoms with Gasteiger partial charge >= 0.3 is 0 Å². The highest BCUT2D eigenvalue weighted by molar-refractivity contribution is 6.36. The second kappa shape index (κ2) is 8.33. The molecule has 2 aliphatic rings. The fourth-order valence-corrected chi connectivity index (χ4v) is 5.64. The summed E-state index contributed by atoms with van der Waals surface area (Å²) in [5, 5.41) is 1.27. The number of carbonyl (C=O) groups excluding carboxylic acids is 1. The standard InChI is InChI=1S/C25H25Cl2N3O/c1-15-3-2-4-16(9-15)18-11-21(26)20(22(27)12-18)10-17-7-8-30(25(17)31)19-5-6-23-24(13-19)29-14-28-23/h2-4,9,11-12,14,17,19H,5-8,10,13H2,1H3,(H,28,29). The van der Waals surface area contributed by atoms with Gasteiger partial charge in [-0.25, -0.2) is 4.98 Å². The fourth-order valence-electron chi connectivity index (χ4n) is 5.00. The van der Waals surface area contributed by atoms with Crippen molar-refractivity contribution in [2.75, 3.05) is 6.54 Å². The predicted molar refractivity (Wildman–Crippen MR) is 125 cm³/mol. The summed E-state index contributed by atoms with van der Waals surface area (Å²) in [6.07, 6.45) is 5.95. The van der Waals surface area contributed by atoms with Gasteiger partial charge in [-0.15, -0.1) is 0 Å². The molecule has 1 aliphatic heterocycles. The molecule has 1 N–H and O–H groups in total. The van der Waals surface area contributed by atoms with E-state index in [2.05, 4.69) is 40.0 Å². The van der Waals surface area contributed by atoms with Crippen LogP contribution in [0.5, 0.6) is 0 Å². The average molecular weight is 454 g/mol. The van der Waals surface area contributed by atoms with Gasteiger partial charge in [0.1, 0.15) is 0 Å². The van der Waals surface area contributed by atoms with Crippen molar-refractivity contribution >= 4 is 29.1 Å². The van der Waals surface area contributed by atoms with Gasteiger partial charge < -0.3 is 9.88 Å². The number of aryl methyl sites for hydroxylation is 2. The number of halogens is 2. The van der Waals surface area contributed by atoms with Crippen molar-refractivity contribution in [3.05, 3.63) is 75.3 Å². The Bertz CT molecular complexity index is 1120. The molecule has 2 aromatic carbocycles. The second-order valence-corrected chi connectivity index (χ2v) is 9.55. The number of fused-ring (bicyclic) bond motifs is 1. The Kier molecular flexibility index (Phi) is 5.53. The molecule has 2 unspecified atom stereocenters. The molecule has 2 atom stereocenters. The Morgan fingerprint density at radius 1 is 1.13 bits per heavy atom. The molecule has 1 aromatic heterocycles. The third kappa shape index (κ3) is 3.99. The maximum absolute atomic E-state index is 13.2. The highest BCUT2D eigenvalue weighted by atomic mass is 35.5. The summed E-state index contributed by atoms with van der Waals surface area (Å²) in [5.41, 5.74) is 6.47.